The lowest BCUT2D eigenvalue weighted by Gasteiger charge is -2.36. The van der Waals surface area contributed by atoms with Crippen molar-refractivity contribution in [3.05, 3.63) is 89.6 Å². The first kappa shape index (κ1) is 26.5. The van der Waals surface area contributed by atoms with Crippen molar-refractivity contribution in [1.82, 2.24) is 14.7 Å². The highest BCUT2D eigenvalue weighted by Crippen LogP contribution is 2.34. The number of amides is 1. The highest BCUT2D eigenvalue weighted by atomic mass is 35.5. The molecule has 4 rings (SSSR count). The summed E-state index contributed by atoms with van der Waals surface area (Å²) in [6.45, 7) is -0.0759. The van der Waals surface area contributed by atoms with Gasteiger partial charge in [-0.25, -0.2) is 4.68 Å². The number of nitrogens with one attached hydrogen (secondary N) is 1. The van der Waals surface area contributed by atoms with Gasteiger partial charge in [-0.15, -0.1) is 0 Å². The van der Waals surface area contributed by atoms with Crippen LogP contribution in [0.25, 0.3) is 16.6 Å². The molecule has 194 valence electrons. The smallest absolute Gasteiger partial charge is 0.381 e. The Bertz CT molecular complexity index is 1380. The Morgan fingerprint density at radius 3 is 2.43 bits per heavy atom. The minimum atomic E-state index is -5.02. The van der Waals surface area contributed by atoms with E-state index in [9.17, 15) is 23.1 Å². The Kier molecular flexibility index (Phi) is 7.75. The Balaban J connectivity index is 1.61. The first-order chi connectivity index (χ1) is 17.6. The standard InChI is InChI=1S/C27H26ClF3N4O2/c1-2-15-34(25(36)20-11-6-7-12-22(20)28)18-26(37,27(29,30)31)17-32-23-13-8-14-24-21(23)16-33-35(24)19-9-4-3-5-10-19/h3-14,16,32,37H,2,15,17-18H2,1H3. The molecule has 6 nitrogen and oxygen atoms in total. The van der Waals surface area contributed by atoms with Crippen molar-refractivity contribution in [2.24, 2.45) is 0 Å². The molecule has 1 unspecified atom stereocenters. The van der Waals surface area contributed by atoms with Crippen LogP contribution < -0.4 is 5.32 Å². The van der Waals surface area contributed by atoms with E-state index in [0.717, 1.165) is 10.6 Å². The van der Waals surface area contributed by atoms with Crippen molar-refractivity contribution < 1.29 is 23.1 Å². The minimum Gasteiger partial charge on any atom is -0.381 e. The Hall–Kier alpha value is -3.56. The van der Waals surface area contributed by atoms with Gasteiger partial charge < -0.3 is 15.3 Å². The molecular formula is C27H26ClF3N4O2. The fourth-order valence-electron chi connectivity index (χ4n) is 4.11. The average molecular weight is 531 g/mol. The van der Waals surface area contributed by atoms with Crippen molar-refractivity contribution in [3.63, 3.8) is 0 Å². The molecule has 0 saturated heterocycles. The quantitative estimate of drug-likeness (QED) is 0.281. The van der Waals surface area contributed by atoms with Crippen molar-refractivity contribution in [1.29, 1.82) is 0 Å². The maximum absolute atomic E-state index is 14.2. The minimum absolute atomic E-state index is 0.0157. The normalized spacial score (nSPS) is 13.4. The molecule has 1 aromatic heterocycles. The zero-order valence-corrected chi connectivity index (χ0v) is 20.8. The van der Waals surface area contributed by atoms with Crippen LogP contribution >= 0.6 is 11.6 Å². The van der Waals surface area contributed by atoms with Crippen molar-refractivity contribution >= 4 is 34.1 Å². The highest BCUT2D eigenvalue weighted by Gasteiger charge is 2.55. The zero-order chi connectivity index (χ0) is 26.6. The highest BCUT2D eigenvalue weighted by molar-refractivity contribution is 6.33. The Labute approximate surface area is 217 Å². The van der Waals surface area contributed by atoms with Gasteiger partial charge in [-0.1, -0.05) is 54.9 Å². The summed E-state index contributed by atoms with van der Waals surface area (Å²) in [5.41, 5.74) is -1.28. The molecule has 1 heterocycles. The van der Waals surface area contributed by atoms with Gasteiger partial charge in [-0.2, -0.15) is 18.3 Å². The van der Waals surface area contributed by atoms with Crippen molar-refractivity contribution in [2.75, 3.05) is 25.0 Å². The molecule has 0 bridgehead atoms. The van der Waals surface area contributed by atoms with Crippen LogP contribution in [0.15, 0.2) is 79.0 Å². The van der Waals surface area contributed by atoms with E-state index in [1.165, 1.54) is 12.1 Å². The van der Waals surface area contributed by atoms with E-state index >= 15 is 0 Å². The number of aliphatic hydroxyl groups is 1. The number of halogens is 4. The van der Waals surface area contributed by atoms with E-state index in [1.807, 2.05) is 36.4 Å². The van der Waals surface area contributed by atoms with Crippen LogP contribution in [0, 0.1) is 0 Å². The van der Waals surface area contributed by atoms with Crippen LogP contribution in [-0.2, 0) is 0 Å². The van der Waals surface area contributed by atoms with Gasteiger partial charge in [0.15, 0.2) is 5.60 Å². The second-order valence-corrected chi connectivity index (χ2v) is 9.13. The molecule has 0 aliphatic rings. The predicted molar refractivity (Wildman–Crippen MR) is 138 cm³/mol. The van der Waals surface area contributed by atoms with Gasteiger partial charge in [0.1, 0.15) is 0 Å². The Morgan fingerprint density at radius 1 is 1.05 bits per heavy atom. The fraction of sp³-hybridized carbons (Fsp3) is 0.259. The van der Waals surface area contributed by atoms with Crippen LogP contribution in [0.5, 0.6) is 0 Å². The molecule has 1 amide bonds. The Morgan fingerprint density at radius 2 is 1.76 bits per heavy atom. The molecule has 2 N–H and O–H groups in total. The summed E-state index contributed by atoms with van der Waals surface area (Å²) < 4.78 is 44.3. The average Bonchev–Trinajstić information content (AvgIpc) is 3.32. The summed E-state index contributed by atoms with van der Waals surface area (Å²) in [6.07, 6.45) is -3.06. The van der Waals surface area contributed by atoms with Crippen molar-refractivity contribution in [3.8, 4) is 5.69 Å². The first-order valence-corrected chi connectivity index (χ1v) is 12.1. The second kappa shape index (κ2) is 10.8. The van der Waals surface area contributed by atoms with Crippen LogP contribution in [0.3, 0.4) is 0 Å². The summed E-state index contributed by atoms with van der Waals surface area (Å²) >= 11 is 6.11. The van der Waals surface area contributed by atoms with Crippen LogP contribution in [0.4, 0.5) is 18.9 Å². The maximum Gasteiger partial charge on any atom is 0.420 e. The number of para-hydroxylation sites is 1. The lowest BCUT2D eigenvalue weighted by Crippen LogP contribution is -2.58. The number of hydrogen-bond acceptors (Lipinski definition) is 4. The number of fused-ring (bicyclic) bond motifs is 1. The molecule has 1 atom stereocenters. The zero-order valence-electron chi connectivity index (χ0n) is 20.0. The van der Waals surface area contributed by atoms with E-state index in [-0.39, 0.29) is 17.1 Å². The molecule has 10 heteroatoms. The van der Waals surface area contributed by atoms with Gasteiger partial charge >= 0.3 is 6.18 Å². The molecule has 0 aliphatic heterocycles. The summed E-state index contributed by atoms with van der Waals surface area (Å²) in [7, 11) is 0. The maximum atomic E-state index is 14.2. The van der Waals surface area contributed by atoms with Gasteiger partial charge in [0.05, 0.1) is 41.1 Å². The fourth-order valence-corrected chi connectivity index (χ4v) is 4.33. The number of anilines is 1. The lowest BCUT2D eigenvalue weighted by atomic mass is 10.0. The third kappa shape index (κ3) is 5.57. The number of hydrogen-bond donors (Lipinski definition) is 2. The van der Waals surface area contributed by atoms with Crippen LogP contribution in [0.1, 0.15) is 23.7 Å². The van der Waals surface area contributed by atoms with Gasteiger partial charge in [-0.3, -0.25) is 4.79 Å². The number of nitrogens with zero attached hydrogens (tertiary/aromatic N) is 3. The second-order valence-electron chi connectivity index (χ2n) is 8.72. The number of carbonyl (C=O) groups is 1. The molecule has 3 aromatic carbocycles. The predicted octanol–water partition coefficient (Wildman–Crippen LogP) is 5.94. The number of carbonyl (C=O) groups excluding carboxylic acids is 1. The molecule has 0 spiro atoms. The molecule has 0 aliphatic carbocycles. The number of aromatic nitrogens is 2. The number of benzene rings is 3. The monoisotopic (exact) mass is 530 g/mol. The van der Waals surface area contributed by atoms with Crippen LogP contribution in [-0.4, -0.2) is 57.1 Å². The first-order valence-electron chi connectivity index (χ1n) is 11.7. The topological polar surface area (TPSA) is 70.4 Å². The van der Waals surface area contributed by atoms with Gasteiger partial charge in [0.2, 0.25) is 0 Å². The largest absolute Gasteiger partial charge is 0.420 e. The van der Waals surface area contributed by atoms with Crippen molar-refractivity contribution in [2.45, 2.75) is 25.1 Å². The lowest BCUT2D eigenvalue weighted by molar-refractivity contribution is -0.257. The van der Waals surface area contributed by atoms with Gasteiger partial charge in [0.25, 0.3) is 5.91 Å². The summed E-state index contributed by atoms with van der Waals surface area (Å²) in [5, 5.41) is 18.7. The summed E-state index contributed by atoms with van der Waals surface area (Å²) in [6, 6.07) is 20.6. The summed E-state index contributed by atoms with van der Waals surface area (Å²) in [5.74, 6) is -0.679. The molecule has 4 aromatic rings. The molecule has 0 fully saturated rings. The van der Waals surface area contributed by atoms with E-state index < -0.39 is 30.8 Å². The van der Waals surface area contributed by atoms with E-state index in [1.54, 1.807) is 42.1 Å². The van der Waals surface area contributed by atoms with Gasteiger partial charge in [-0.05, 0) is 42.8 Å². The summed E-state index contributed by atoms with van der Waals surface area (Å²) in [4.78, 5) is 14.1. The van der Waals surface area contributed by atoms with E-state index in [2.05, 4.69) is 10.4 Å². The number of alkyl halides is 3. The van der Waals surface area contributed by atoms with E-state index in [4.69, 9.17) is 11.6 Å². The van der Waals surface area contributed by atoms with E-state index in [0.29, 0.717) is 23.0 Å². The molecular weight excluding hydrogens is 505 g/mol. The third-order valence-electron chi connectivity index (χ3n) is 6.05. The van der Waals surface area contributed by atoms with Gasteiger partial charge in [0, 0.05) is 17.6 Å². The SMILES string of the molecule is CCCN(CC(O)(CNc1cccc2c1cnn2-c1ccccc1)C(F)(F)F)C(=O)c1ccccc1Cl. The molecule has 37 heavy (non-hydrogen) atoms. The third-order valence-corrected chi connectivity index (χ3v) is 6.38. The van der Waals surface area contributed by atoms with Crippen LogP contribution in [0.2, 0.25) is 5.02 Å². The molecule has 0 radical (unpaired) electrons. The molecule has 0 saturated carbocycles. The number of rotatable bonds is 9.